The van der Waals surface area contributed by atoms with Crippen LogP contribution in [0.4, 0.5) is 0 Å². The second-order valence-corrected chi connectivity index (χ2v) is 12.8. The van der Waals surface area contributed by atoms with E-state index < -0.39 is 0 Å². The highest BCUT2D eigenvalue weighted by Crippen LogP contribution is 2.54. The van der Waals surface area contributed by atoms with Crippen molar-refractivity contribution in [1.82, 2.24) is 0 Å². The molecule has 0 aliphatic carbocycles. The Morgan fingerprint density at radius 3 is 1.30 bits per heavy atom. The fourth-order valence-corrected chi connectivity index (χ4v) is 7.50. The molecular formula is C28H26S2. The van der Waals surface area contributed by atoms with E-state index in [0.29, 0.717) is 0 Å². The van der Waals surface area contributed by atoms with Crippen molar-refractivity contribution >= 4 is 63.0 Å². The monoisotopic (exact) mass is 426 g/mol. The maximum atomic E-state index is 2.48. The van der Waals surface area contributed by atoms with Gasteiger partial charge in [0.05, 0.1) is 0 Å². The Labute approximate surface area is 185 Å². The lowest BCUT2D eigenvalue weighted by molar-refractivity contribution is 0.596. The van der Waals surface area contributed by atoms with Gasteiger partial charge in [-0.2, -0.15) is 0 Å². The lowest BCUT2D eigenvalue weighted by Gasteiger charge is -2.29. The zero-order valence-corrected chi connectivity index (χ0v) is 20.1. The van der Waals surface area contributed by atoms with Crippen molar-refractivity contribution in [2.45, 2.75) is 52.4 Å². The quantitative estimate of drug-likeness (QED) is 0.167. The van der Waals surface area contributed by atoms with Crippen molar-refractivity contribution in [2.24, 2.45) is 0 Å². The van der Waals surface area contributed by atoms with Gasteiger partial charge in [0, 0.05) is 40.7 Å². The van der Waals surface area contributed by atoms with Gasteiger partial charge < -0.3 is 0 Å². The van der Waals surface area contributed by atoms with Crippen LogP contribution in [0.3, 0.4) is 0 Å². The van der Waals surface area contributed by atoms with E-state index in [1.165, 1.54) is 62.6 Å². The number of benzene rings is 4. The lowest BCUT2D eigenvalue weighted by atomic mass is 9.79. The lowest BCUT2D eigenvalue weighted by Crippen LogP contribution is -2.13. The van der Waals surface area contributed by atoms with Gasteiger partial charge in [-0.3, -0.25) is 0 Å². The van der Waals surface area contributed by atoms with E-state index in [0.717, 1.165) is 0 Å². The highest BCUT2D eigenvalue weighted by Gasteiger charge is 2.28. The minimum absolute atomic E-state index is 0.113. The van der Waals surface area contributed by atoms with Crippen LogP contribution in [0.15, 0.2) is 48.5 Å². The van der Waals surface area contributed by atoms with E-state index in [1.54, 1.807) is 0 Å². The van der Waals surface area contributed by atoms with Crippen molar-refractivity contribution in [3.63, 3.8) is 0 Å². The van der Waals surface area contributed by atoms with Gasteiger partial charge in [-0.05, 0) is 57.0 Å². The summed E-state index contributed by atoms with van der Waals surface area (Å²) < 4.78 is 5.65. The average Bonchev–Trinajstić information content (AvgIpc) is 2.67. The Balaban J connectivity index is 1.96. The highest BCUT2D eigenvalue weighted by atomic mass is 32.1. The average molecular weight is 427 g/mol. The van der Waals surface area contributed by atoms with E-state index in [4.69, 9.17) is 0 Å². The molecule has 0 saturated carbocycles. The van der Waals surface area contributed by atoms with Crippen LogP contribution in [0.2, 0.25) is 0 Å². The molecule has 4 aromatic carbocycles. The first-order valence-electron chi connectivity index (χ1n) is 10.7. The Hall–Kier alpha value is -2.16. The van der Waals surface area contributed by atoms with Crippen molar-refractivity contribution in [1.29, 1.82) is 0 Å². The molecule has 150 valence electrons. The predicted octanol–water partition coefficient (Wildman–Crippen LogP) is 9.56. The van der Waals surface area contributed by atoms with Crippen molar-refractivity contribution in [3.8, 4) is 11.1 Å². The zero-order chi connectivity index (χ0) is 21.0. The topological polar surface area (TPSA) is 0 Å². The van der Waals surface area contributed by atoms with Gasteiger partial charge in [0.1, 0.15) is 0 Å². The van der Waals surface area contributed by atoms with Gasteiger partial charge >= 0.3 is 0 Å². The number of rotatable bonds is 0. The Morgan fingerprint density at radius 1 is 0.533 bits per heavy atom. The van der Waals surface area contributed by atoms with E-state index in [2.05, 4.69) is 90.1 Å². The molecule has 0 spiro atoms. The molecule has 0 radical (unpaired) electrons. The molecule has 0 atom stereocenters. The largest absolute Gasteiger partial charge is 0.135 e. The van der Waals surface area contributed by atoms with Crippen molar-refractivity contribution in [3.05, 3.63) is 59.7 Å². The Kier molecular flexibility index (Phi) is 3.56. The maximum Gasteiger partial charge on any atom is 0.0365 e. The molecular weight excluding hydrogens is 400 g/mol. The summed E-state index contributed by atoms with van der Waals surface area (Å²) in [6, 6.07) is 18.7. The van der Waals surface area contributed by atoms with Crippen LogP contribution in [-0.4, -0.2) is 0 Å². The van der Waals surface area contributed by atoms with Gasteiger partial charge in [-0.1, -0.05) is 65.8 Å². The summed E-state index contributed by atoms with van der Waals surface area (Å²) in [5.74, 6) is 0. The summed E-state index contributed by atoms with van der Waals surface area (Å²) in [7, 11) is 0. The van der Waals surface area contributed by atoms with Crippen LogP contribution in [0, 0.1) is 0 Å². The third-order valence-electron chi connectivity index (χ3n) is 6.48. The van der Waals surface area contributed by atoms with Crippen LogP contribution in [0.25, 0.3) is 51.5 Å². The second-order valence-electron chi connectivity index (χ2n) is 10.7. The van der Waals surface area contributed by atoms with Gasteiger partial charge in [0.25, 0.3) is 0 Å². The normalized spacial score (nSPS) is 13.7. The van der Waals surface area contributed by atoms with E-state index in [1.807, 2.05) is 22.7 Å². The van der Waals surface area contributed by atoms with Crippen molar-refractivity contribution in [2.75, 3.05) is 0 Å². The molecule has 0 saturated heterocycles. The standard InChI is InChI=1S/C28H26S2/c1-27(2,3)17-13-21-25-23-15(17)9-7-11-19(23)30-22-14-18(28(4,5)6)16-10-8-12-20(29-21)24(16)26(22)25/h7-14H,1-6H3. The molecule has 0 bridgehead atoms. The first-order chi connectivity index (χ1) is 14.1. The van der Waals surface area contributed by atoms with Crippen LogP contribution in [-0.2, 0) is 10.8 Å². The Bertz CT molecular complexity index is 1420. The zero-order valence-electron chi connectivity index (χ0n) is 18.4. The van der Waals surface area contributed by atoms with Crippen LogP contribution >= 0.6 is 22.7 Å². The summed E-state index contributed by atoms with van der Waals surface area (Å²) in [5.41, 5.74) is 6.07. The molecule has 2 heteroatoms. The predicted molar refractivity (Wildman–Crippen MR) is 137 cm³/mol. The Morgan fingerprint density at radius 2 is 0.933 bits per heavy atom. The third kappa shape index (κ3) is 2.38. The van der Waals surface area contributed by atoms with Crippen LogP contribution in [0.5, 0.6) is 0 Å². The van der Waals surface area contributed by atoms with Gasteiger partial charge in [-0.25, -0.2) is 0 Å². The summed E-state index contributed by atoms with van der Waals surface area (Å²) in [6.07, 6.45) is 0. The summed E-state index contributed by atoms with van der Waals surface area (Å²) >= 11 is 3.93. The maximum absolute atomic E-state index is 2.48. The third-order valence-corrected chi connectivity index (χ3v) is 8.69. The molecule has 2 aliphatic rings. The minimum atomic E-state index is 0.113. The fourth-order valence-electron chi connectivity index (χ4n) is 5.14. The molecule has 30 heavy (non-hydrogen) atoms. The molecule has 0 aromatic heterocycles. The molecule has 2 heterocycles. The van der Waals surface area contributed by atoms with E-state index in [9.17, 15) is 0 Å². The molecule has 0 fully saturated rings. The molecule has 0 amide bonds. The van der Waals surface area contributed by atoms with Gasteiger partial charge in [0.2, 0.25) is 0 Å². The summed E-state index contributed by atoms with van der Waals surface area (Å²) in [5, 5.41) is 5.77. The first-order valence-corrected chi connectivity index (χ1v) is 12.3. The van der Waals surface area contributed by atoms with Crippen molar-refractivity contribution < 1.29 is 0 Å². The summed E-state index contributed by atoms with van der Waals surface area (Å²) in [6.45, 7) is 14.0. The van der Waals surface area contributed by atoms with Crippen LogP contribution < -0.4 is 0 Å². The molecule has 0 N–H and O–H groups in total. The van der Waals surface area contributed by atoms with Gasteiger partial charge in [0.15, 0.2) is 0 Å². The fraction of sp³-hybridized carbons (Fsp3) is 0.286. The summed E-state index contributed by atoms with van der Waals surface area (Å²) in [4.78, 5) is 0. The first kappa shape index (κ1) is 18.6. The molecule has 4 aromatic rings. The molecule has 2 aliphatic heterocycles. The number of hydrogen-bond acceptors (Lipinski definition) is 2. The van der Waals surface area contributed by atoms with E-state index >= 15 is 0 Å². The van der Waals surface area contributed by atoms with Crippen LogP contribution in [0.1, 0.15) is 52.7 Å². The van der Waals surface area contributed by atoms with Gasteiger partial charge in [-0.15, -0.1) is 22.7 Å². The SMILES string of the molecule is CC(C)(C)c1cc2sc3cccc4c(C(C)(C)C)cc5sc6cccc1c6c2-c5c34. The molecule has 0 unspecified atom stereocenters. The smallest absolute Gasteiger partial charge is 0.0365 e. The highest BCUT2D eigenvalue weighted by molar-refractivity contribution is 7.27. The number of hydrogen-bond donors (Lipinski definition) is 0. The van der Waals surface area contributed by atoms with E-state index in [-0.39, 0.29) is 10.8 Å². The molecule has 0 nitrogen and oxygen atoms in total. The molecule has 6 rings (SSSR count). The second kappa shape index (κ2) is 5.75. The minimum Gasteiger partial charge on any atom is -0.135 e.